The van der Waals surface area contributed by atoms with Crippen LogP contribution in [-0.4, -0.2) is 29.1 Å². The van der Waals surface area contributed by atoms with E-state index >= 15 is 0 Å². The molecule has 174 valence electrons. The number of aromatic amines is 1. The summed E-state index contributed by atoms with van der Waals surface area (Å²) in [6.45, 7) is -0.634. The molecule has 2 N–H and O–H groups in total. The molecule has 6 nitrogen and oxygen atoms in total. The van der Waals surface area contributed by atoms with Gasteiger partial charge in [0.2, 0.25) is 0 Å². The van der Waals surface area contributed by atoms with Crippen LogP contribution in [-0.2, 0) is 11.3 Å². The molecule has 4 aromatic rings. The number of fused-ring (bicyclic) bond motifs is 1. The summed E-state index contributed by atoms with van der Waals surface area (Å²) in [5.74, 6) is 0.129. The van der Waals surface area contributed by atoms with Gasteiger partial charge < -0.3 is 19.8 Å². The highest BCUT2D eigenvalue weighted by Gasteiger charge is 2.18. The number of carbonyl (C=O) groups is 1. The highest BCUT2D eigenvalue weighted by atomic mass is 19.3. The van der Waals surface area contributed by atoms with Crippen LogP contribution in [0.5, 0.6) is 11.5 Å². The summed E-state index contributed by atoms with van der Waals surface area (Å²) in [7, 11) is 0. The van der Waals surface area contributed by atoms with Gasteiger partial charge in [0.15, 0.2) is 11.5 Å². The number of nitrogens with zero attached hydrogens (tertiary/aromatic N) is 1. The average molecular weight is 463 g/mol. The molecule has 0 saturated heterocycles. The molecule has 1 aromatic heterocycles. The summed E-state index contributed by atoms with van der Waals surface area (Å²) >= 11 is 0. The quantitative estimate of drug-likeness (QED) is 0.325. The third-order valence-electron chi connectivity index (χ3n) is 4.98. The number of hydrogen-bond acceptors (Lipinski definition) is 4. The Hall–Kier alpha value is -4.20. The summed E-state index contributed by atoms with van der Waals surface area (Å²) < 4.78 is 35.5. The molecular weight excluding hydrogens is 440 g/mol. The number of amides is 1. The molecule has 34 heavy (non-hydrogen) atoms. The molecule has 0 aliphatic heterocycles. The normalized spacial score (nSPS) is 11.6. The van der Waals surface area contributed by atoms with Gasteiger partial charge in [-0.3, -0.25) is 4.79 Å². The second-order valence-corrected chi connectivity index (χ2v) is 7.35. The van der Waals surface area contributed by atoms with Crippen LogP contribution in [0.4, 0.5) is 8.78 Å². The summed E-state index contributed by atoms with van der Waals surface area (Å²) in [5, 5.41) is 2.92. The van der Waals surface area contributed by atoms with Crippen molar-refractivity contribution in [3.05, 3.63) is 89.7 Å². The molecule has 1 amide bonds. The van der Waals surface area contributed by atoms with Crippen LogP contribution in [0.25, 0.3) is 22.7 Å². The van der Waals surface area contributed by atoms with Crippen molar-refractivity contribution in [2.75, 3.05) is 6.61 Å². The molecule has 0 fully saturated rings. The van der Waals surface area contributed by atoms with Crippen LogP contribution in [0, 0.1) is 0 Å². The number of benzene rings is 3. The number of alkyl halides is 2. The van der Waals surface area contributed by atoms with Crippen LogP contribution in [0.15, 0.2) is 72.8 Å². The summed E-state index contributed by atoms with van der Waals surface area (Å²) in [6, 6.07) is 21.5. The van der Waals surface area contributed by atoms with Gasteiger partial charge in [-0.15, -0.1) is 0 Å². The molecule has 4 rings (SSSR count). The Morgan fingerprint density at radius 1 is 1.06 bits per heavy atom. The Morgan fingerprint density at radius 2 is 1.82 bits per heavy atom. The van der Waals surface area contributed by atoms with E-state index in [1.165, 1.54) is 6.07 Å². The molecule has 3 aromatic carbocycles. The lowest BCUT2D eigenvalue weighted by Gasteiger charge is -2.12. The predicted octanol–water partition coefficient (Wildman–Crippen LogP) is 5.42. The molecule has 1 heterocycles. The predicted molar refractivity (Wildman–Crippen MR) is 126 cm³/mol. The minimum Gasteiger partial charge on any atom is -0.490 e. The molecular formula is C26H23F2N3O3. The maximum Gasteiger partial charge on any atom is 0.387 e. The van der Waals surface area contributed by atoms with E-state index in [0.29, 0.717) is 17.9 Å². The Balaban J connectivity index is 1.70. The molecule has 0 unspecified atom stereocenters. The zero-order valence-electron chi connectivity index (χ0n) is 18.4. The molecule has 0 aliphatic rings. The molecule has 0 aliphatic carbocycles. The van der Waals surface area contributed by atoms with Gasteiger partial charge in [-0.2, -0.15) is 8.78 Å². The number of hydrogen-bond donors (Lipinski definition) is 2. The van der Waals surface area contributed by atoms with Gasteiger partial charge >= 0.3 is 6.61 Å². The van der Waals surface area contributed by atoms with Crippen molar-refractivity contribution in [2.45, 2.75) is 20.1 Å². The third-order valence-corrected chi connectivity index (χ3v) is 4.98. The van der Waals surface area contributed by atoms with Gasteiger partial charge in [-0.1, -0.05) is 48.5 Å². The van der Waals surface area contributed by atoms with E-state index in [4.69, 9.17) is 4.74 Å². The fraction of sp³-hybridized carbons (Fsp3) is 0.154. The number of imidazole rings is 1. The average Bonchev–Trinajstić information content (AvgIpc) is 3.27. The highest BCUT2D eigenvalue weighted by Crippen LogP contribution is 2.31. The smallest absolute Gasteiger partial charge is 0.387 e. The number of aromatic nitrogens is 2. The van der Waals surface area contributed by atoms with E-state index in [0.717, 1.165) is 16.6 Å². The summed E-state index contributed by atoms with van der Waals surface area (Å²) in [6.07, 6.45) is 1.63. The first kappa shape index (κ1) is 23.0. The zero-order valence-corrected chi connectivity index (χ0v) is 18.4. The number of nitrogens with one attached hydrogen (secondary N) is 2. The van der Waals surface area contributed by atoms with Crippen LogP contribution in [0.1, 0.15) is 23.9 Å². The number of ether oxygens (including phenoxy) is 2. The Morgan fingerprint density at radius 3 is 2.56 bits per heavy atom. The molecule has 0 radical (unpaired) electrons. The van der Waals surface area contributed by atoms with Crippen LogP contribution < -0.4 is 14.8 Å². The van der Waals surface area contributed by atoms with E-state index < -0.39 is 6.61 Å². The lowest BCUT2D eigenvalue weighted by molar-refractivity contribution is -0.115. The topological polar surface area (TPSA) is 76.2 Å². The van der Waals surface area contributed by atoms with Gasteiger partial charge in [-0.25, -0.2) is 4.98 Å². The van der Waals surface area contributed by atoms with Crippen molar-refractivity contribution in [2.24, 2.45) is 0 Å². The van der Waals surface area contributed by atoms with Gasteiger partial charge in [0.1, 0.15) is 5.82 Å². The van der Waals surface area contributed by atoms with Crippen LogP contribution in [0.3, 0.4) is 0 Å². The van der Waals surface area contributed by atoms with E-state index in [9.17, 15) is 13.6 Å². The van der Waals surface area contributed by atoms with Crippen molar-refractivity contribution in [3.63, 3.8) is 0 Å². The Kier molecular flexibility index (Phi) is 7.17. The van der Waals surface area contributed by atoms with Crippen molar-refractivity contribution in [3.8, 4) is 11.5 Å². The molecule has 0 bridgehead atoms. The molecule has 0 spiro atoms. The number of para-hydroxylation sites is 2. The molecule has 8 heteroatoms. The molecule has 0 saturated carbocycles. The Bertz CT molecular complexity index is 1270. The van der Waals surface area contributed by atoms with Crippen molar-refractivity contribution < 1.29 is 23.0 Å². The maximum absolute atomic E-state index is 13.2. The minimum atomic E-state index is -2.98. The highest BCUT2D eigenvalue weighted by molar-refractivity contribution is 6.23. The van der Waals surface area contributed by atoms with Crippen LogP contribution >= 0.6 is 0 Å². The Labute approximate surface area is 195 Å². The first-order chi connectivity index (χ1) is 16.5. The number of carbonyl (C=O) groups excluding carboxylic acids is 1. The van der Waals surface area contributed by atoms with Crippen molar-refractivity contribution in [1.82, 2.24) is 15.3 Å². The fourth-order valence-corrected chi connectivity index (χ4v) is 3.44. The van der Waals surface area contributed by atoms with Crippen molar-refractivity contribution in [1.29, 1.82) is 0 Å². The van der Waals surface area contributed by atoms with E-state index in [-0.39, 0.29) is 29.6 Å². The second-order valence-electron chi connectivity index (χ2n) is 7.35. The first-order valence-electron chi connectivity index (χ1n) is 10.7. The minimum absolute atomic E-state index is 0.0761. The number of rotatable bonds is 9. The van der Waals surface area contributed by atoms with Gasteiger partial charge in [-0.05, 0) is 48.4 Å². The van der Waals surface area contributed by atoms with Gasteiger partial charge in [0.25, 0.3) is 5.91 Å². The largest absolute Gasteiger partial charge is 0.490 e. The second kappa shape index (κ2) is 10.6. The monoisotopic (exact) mass is 463 g/mol. The van der Waals surface area contributed by atoms with Crippen LogP contribution in [0.2, 0.25) is 0 Å². The lowest BCUT2D eigenvalue weighted by atomic mass is 10.1. The molecule has 0 atom stereocenters. The number of H-pyrrole nitrogens is 1. The zero-order chi connectivity index (χ0) is 23.9. The SMILES string of the molecule is CCOc1cc(/C=C(/C(=O)NCc2ccccc2)c2nc3ccccc3[nH]2)ccc1OC(F)F. The van der Waals surface area contributed by atoms with E-state index in [1.54, 1.807) is 25.1 Å². The van der Waals surface area contributed by atoms with Gasteiger partial charge in [0, 0.05) is 6.54 Å². The van der Waals surface area contributed by atoms with Gasteiger partial charge in [0.05, 0.1) is 23.2 Å². The number of halogens is 2. The third kappa shape index (κ3) is 5.58. The fourth-order valence-electron chi connectivity index (χ4n) is 3.44. The van der Waals surface area contributed by atoms with Crippen molar-refractivity contribution >= 4 is 28.6 Å². The van der Waals surface area contributed by atoms with E-state index in [2.05, 4.69) is 20.0 Å². The van der Waals surface area contributed by atoms with E-state index in [1.807, 2.05) is 54.6 Å². The summed E-state index contributed by atoms with van der Waals surface area (Å²) in [5.41, 5.74) is 3.31. The summed E-state index contributed by atoms with van der Waals surface area (Å²) in [4.78, 5) is 21.0. The maximum atomic E-state index is 13.2. The standard InChI is InChI=1S/C26H23F2N3O3/c1-2-33-23-15-18(12-13-22(23)34-26(27)28)14-19(24-30-20-10-6-7-11-21(20)31-24)25(32)29-16-17-8-4-3-5-9-17/h3-15,26H,2,16H2,1H3,(H,29,32)(H,30,31)/b19-14+. The lowest BCUT2D eigenvalue weighted by Crippen LogP contribution is -2.24. The first-order valence-corrected chi connectivity index (χ1v) is 10.7.